The highest BCUT2D eigenvalue weighted by Crippen LogP contribution is 2.59. The van der Waals surface area contributed by atoms with Crippen LogP contribution in [0.15, 0.2) is 0 Å². The molecule has 5 nitrogen and oxygen atoms in total. The second kappa shape index (κ2) is 4.37. The number of Topliss-reactive ketones (excluding diaryl/α,β-unsaturated/α-hetero) is 1. The van der Waals surface area contributed by atoms with Gasteiger partial charge in [0.05, 0.1) is 13.2 Å². The van der Waals surface area contributed by atoms with Gasteiger partial charge in [-0.25, -0.2) is 0 Å². The molecule has 2 fully saturated rings. The minimum Gasteiger partial charge on any atom is -0.465 e. The molecule has 2 rings (SSSR count). The number of ketones is 1. The Morgan fingerprint density at radius 2 is 1.28 bits per heavy atom. The standard InChI is InChI=1S/C13H18O5/c1-3-17-10(15)12-5-7-13(8-6-12,9(12)14)11(16)18-4-2/h3-8H2,1-2H3. The summed E-state index contributed by atoms with van der Waals surface area (Å²) < 4.78 is 9.98. The van der Waals surface area contributed by atoms with Gasteiger partial charge in [-0.05, 0) is 39.5 Å². The maximum atomic E-state index is 12.4. The Kier molecular flexibility index (Phi) is 3.17. The molecule has 0 aliphatic heterocycles. The fourth-order valence-electron chi connectivity index (χ4n) is 3.15. The van der Waals surface area contributed by atoms with Gasteiger partial charge in [0.15, 0.2) is 5.78 Å². The summed E-state index contributed by atoms with van der Waals surface area (Å²) in [7, 11) is 0. The third-order valence-corrected chi connectivity index (χ3v) is 4.16. The van der Waals surface area contributed by atoms with E-state index in [1.165, 1.54) is 0 Å². The average molecular weight is 254 g/mol. The topological polar surface area (TPSA) is 69.7 Å². The second-order valence-electron chi connectivity index (χ2n) is 4.93. The Labute approximate surface area is 106 Å². The predicted molar refractivity (Wildman–Crippen MR) is 61.6 cm³/mol. The molecule has 0 heterocycles. The van der Waals surface area contributed by atoms with Gasteiger partial charge in [0.25, 0.3) is 0 Å². The molecule has 0 aromatic rings. The lowest BCUT2D eigenvalue weighted by Crippen LogP contribution is -2.39. The number of esters is 2. The van der Waals surface area contributed by atoms with Crippen LogP contribution in [0.1, 0.15) is 39.5 Å². The van der Waals surface area contributed by atoms with Crippen LogP contribution in [-0.2, 0) is 23.9 Å². The molecule has 2 bridgehead atoms. The lowest BCUT2D eigenvalue weighted by Gasteiger charge is -2.22. The van der Waals surface area contributed by atoms with Gasteiger partial charge in [0.1, 0.15) is 10.8 Å². The Morgan fingerprint density at radius 1 is 0.944 bits per heavy atom. The van der Waals surface area contributed by atoms with Gasteiger partial charge >= 0.3 is 11.9 Å². The highest BCUT2D eigenvalue weighted by Gasteiger charge is 2.70. The van der Waals surface area contributed by atoms with Crippen LogP contribution in [0.5, 0.6) is 0 Å². The Hall–Kier alpha value is -1.39. The van der Waals surface area contributed by atoms with Gasteiger partial charge in [-0.15, -0.1) is 0 Å². The summed E-state index contributed by atoms with van der Waals surface area (Å²) in [6.45, 7) is 3.92. The van der Waals surface area contributed by atoms with E-state index in [1.54, 1.807) is 13.8 Å². The fraction of sp³-hybridized carbons (Fsp3) is 0.769. The van der Waals surface area contributed by atoms with Gasteiger partial charge in [-0.1, -0.05) is 0 Å². The summed E-state index contributed by atoms with van der Waals surface area (Å²) in [4.78, 5) is 36.4. The van der Waals surface area contributed by atoms with E-state index in [1.807, 2.05) is 0 Å². The van der Waals surface area contributed by atoms with Gasteiger partial charge < -0.3 is 9.47 Å². The van der Waals surface area contributed by atoms with Crippen molar-refractivity contribution >= 4 is 17.7 Å². The van der Waals surface area contributed by atoms with Crippen molar-refractivity contribution < 1.29 is 23.9 Å². The number of rotatable bonds is 4. The van der Waals surface area contributed by atoms with Crippen LogP contribution < -0.4 is 0 Å². The lowest BCUT2D eigenvalue weighted by atomic mass is 9.82. The molecule has 2 aliphatic carbocycles. The van der Waals surface area contributed by atoms with E-state index >= 15 is 0 Å². The predicted octanol–water partition coefficient (Wildman–Crippen LogP) is 1.24. The quantitative estimate of drug-likeness (QED) is 0.557. The zero-order chi connectivity index (χ0) is 13.4. The zero-order valence-corrected chi connectivity index (χ0v) is 10.8. The number of fused-ring (bicyclic) bond motifs is 2. The Bertz CT molecular complexity index is 354. The minimum atomic E-state index is -1.08. The molecule has 0 aromatic carbocycles. The van der Waals surface area contributed by atoms with Crippen molar-refractivity contribution in [2.24, 2.45) is 10.8 Å². The van der Waals surface area contributed by atoms with Gasteiger partial charge in [-0.3, -0.25) is 14.4 Å². The molecule has 0 radical (unpaired) electrons. The van der Waals surface area contributed by atoms with E-state index in [2.05, 4.69) is 0 Å². The van der Waals surface area contributed by atoms with Crippen LogP contribution in [0.4, 0.5) is 0 Å². The normalized spacial score (nSPS) is 33.6. The molecule has 0 atom stereocenters. The zero-order valence-electron chi connectivity index (χ0n) is 10.8. The Morgan fingerprint density at radius 3 is 1.56 bits per heavy atom. The molecule has 0 unspecified atom stereocenters. The highest BCUT2D eigenvalue weighted by atomic mass is 16.5. The largest absolute Gasteiger partial charge is 0.465 e. The van der Waals surface area contributed by atoms with Crippen molar-refractivity contribution in [3.63, 3.8) is 0 Å². The minimum absolute atomic E-state index is 0.250. The first-order valence-electron chi connectivity index (χ1n) is 6.43. The molecule has 2 saturated carbocycles. The fourth-order valence-corrected chi connectivity index (χ4v) is 3.15. The third-order valence-electron chi connectivity index (χ3n) is 4.16. The average Bonchev–Trinajstić information content (AvgIpc) is 2.81. The van der Waals surface area contributed by atoms with Crippen molar-refractivity contribution in [3.8, 4) is 0 Å². The molecule has 2 aliphatic rings. The van der Waals surface area contributed by atoms with Gasteiger partial charge in [-0.2, -0.15) is 0 Å². The SMILES string of the molecule is CCOC(=O)C12CCC(C(=O)OCC)(CC1)C2=O. The first-order valence-corrected chi connectivity index (χ1v) is 6.43. The number of hydrogen-bond acceptors (Lipinski definition) is 5. The maximum Gasteiger partial charge on any atom is 0.319 e. The van der Waals surface area contributed by atoms with Crippen LogP contribution >= 0.6 is 0 Å². The van der Waals surface area contributed by atoms with E-state index in [-0.39, 0.29) is 19.0 Å². The first-order chi connectivity index (χ1) is 8.53. The summed E-state index contributed by atoms with van der Waals surface area (Å²) >= 11 is 0. The number of carbonyl (C=O) groups is 3. The molecule has 0 aromatic heterocycles. The molecule has 0 amide bonds. The smallest absolute Gasteiger partial charge is 0.319 e. The molecule has 0 saturated heterocycles. The monoisotopic (exact) mass is 254 g/mol. The van der Waals surface area contributed by atoms with E-state index in [9.17, 15) is 14.4 Å². The molecule has 0 spiro atoms. The van der Waals surface area contributed by atoms with Crippen molar-refractivity contribution in [3.05, 3.63) is 0 Å². The van der Waals surface area contributed by atoms with Crippen LogP contribution in [-0.4, -0.2) is 30.9 Å². The van der Waals surface area contributed by atoms with E-state index in [0.717, 1.165) is 0 Å². The third kappa shape index (κ3) is 1.49. The molecule has 0 N–H and O–H groups in total. The first kappa shape index (κ1) is 13.1. The molecular formula is C13H18O5. The lowest BCUT2D eigenvalue weighted by molar-refractivity contribution is -0.160. The molecule has 5 heteroatoms. The summed E-state index contributed by atoms with van der Waals surface area (Å²) in [5.74, 6) is -1.23. The molecular weight excluding hydrogens is 236 g/mol. The van der Waals surface area contributed by atoms with Crippen molar-refractivity contribution in [1.29, 1.82) is 0 Å². The van der Waals surface area contributed by atoms with Gasteiger partial charge in [0, 0.05) is 0 Å². The summed E-state index contributed by atoms with van der Waals surface area (Å²) in [5, 5.41) is 0. The van der Waals surface area contributed by atoms with Crippen molar-refractivity contribution in [1.82, 2.24) is 0 Å². The highest BCUT2D eigenvalue weighted by molar-refractivity contribution is 6.18. The van der Waals surface area contributed by atoms with E-state index in [0.29, 0.717) is 25.7 Å². The van der Waals surface area contributed by atoms with Crippen LogP contribution in [0.3, 0.4) is 0 Å². The maximum absolute atomic E-state index is 12.4. The van der Waals surface area contributed by atoms with Crippen molar-refractivity contribution in [2.45, 2.75) is 39.5 Å². The number of carbonyl (C=O) groups excluding carboxylic acids is 3. The second-order valence-corrected chi connectivity index (χ2v) is 4.93. The number of ether oxygens (including phenoxy) is 2. The van der Waals surface area contributed by atoms with Gasteiger partial charge in [0.2, 0.25) is 0 Å². The summed E-state index contributed by atoms with van der Waals surface area (Å²) in [6.07, 6.45) is 1.62. The van der Waals surface area contributed by atoms with Crippen LogP contribution in [0, 0.1) is 10.8 Å². The van der Waals surface area contributed by atoms with E-state index < -0.39 is 22.8 Å². The summed E-state index contributed by atoms with van der Waals surface area (Å²) in [6, 6.07) is 0. The molecule has 100 valence electrons. The van der Waals surface area contributed by atoms with E-state index in [4.69, 9.17) is 9.47 Å². The molecule has 18 heavy (non-hydrogen) atoms. The summed E-state index contributed by atoms with van der Waals surface area (Å²) in [5.41, 5.74) is -2.16. The van der Waals surface area contributed by atoms with Crippen LogP contribution in [0.25, 0.3) is 0 Å². The van der Waals surface area contributed by atoms with Crippen molar-refractivity contribution in [2.75, 3.05) is 13.2 Å². The number of hydrogen-bond donors (Lipinski definition) is 0. The Balaban J connectivity index is 2.25. The van der Waals surface area contributed by atoms with Crippen LogP contribution in [0.2, 0.25) is 0 Å².